The molecule has 3 aromatic rings. The standard InChI is InChI=1S/C24H26ClN3O4S3/c1-13-9-15(25)11-17(26)20(13)14-7-6-8-16(10-14)35(30,31)19-12-18(34-22(19)33-5)21(27)28-23(29)32-24(2,3)4/h6-12H,26H2,1-5H3,(H2,27,28,29). The van der Waals surface area contributed by atoms with E-state index in [9.17, 15) is 13.2 Å². The van der Waals surface area contributed by atoms with E-state index in [0.717, 1.165) is 22.5 Å². The molecule has 3 rings (SSSR count). The molecule has 0 unspecified atom stereocenters. The Balaban J connectivity index is 2.05. The van der Waals surface area contributed by atoms with Crippen molar-refractivity contribution in [2.24, 2.45) is 10.7 Å². The van der Waals surface area contributed by atoms with E-state index in [4.69, 9.17) is 27.8 Å². The fraction of sp³-hybridized carbons (Fsp3) is 0.250. The number of aryl methyl sites for hydroxylation is 1. The zero-order chi connectivity index (χ0) is 26.1. The lowest BCUT2D eigenvalue weighted by Crippen LogP contribution is -2.24. The van der Waals surface area contributed by atoms with E-state index in [2.05, 4.69) is 4.99 Å². The number of nitrogen functional groups attached to an aromatic ring is 1. The number of carbonyl (C=O) groups is 1. The molecule has 0 radical (unpaired) electrons. The number of benzene rings is 2. The van der Waals surface area contributed by atoms with Crippen LogP contribution in [0.5, 0.6) is 0 Å². The Morgan fingerprint density at radius 1 is 1.17 bits per heavy atom. The van der Waals surface area contributed by atoms with Gasteiger partial charge in [-0.15, -0.1) is 23.1 Å². The predicted octanol–water partition coefficient (Wildman–Crippen LogP) is 6.15. The number of aliphatic imine (C=N–C) groups is 1. The zero-order valence-corrected chi connectivity index (χ0v) is 23.1. The van der Waals surface area contributed by atoms with Crippen LogP contribution in [-0.2, 0) is 14.6 Å². The van der Waals surface area contributed by atoms with Crippen LogP contribution in [0.3, 0.4) is 0 Å². The van der Waals surface area contributed by atoms with Crippen molar-refractivity contribution in [2.75, 3.05) is 12.0 Å². The molecule has 0 aliphatic rings. The maximum Gasteiger partial charge on any atom is 0.436 e. The molecule has 0 aliphatic carbocycles. The van der Waals surface area contributed by atoms with Crippen LogP contribution in [0.2, 0.25) is 5.02 Å². The number of ether oxygens (including phenoxy) is 1. The maximum atomic E-state index is 13.6. The monoisotopic (exact) mass is 551 g/mol. The number of nitrogens with two attached hydrogens (primary N) is 2. The van der Waals surface area contributed by atoms with E-state index < -0.39 is 21.5 Å². The first-order valence-corrected chi connectivity index (χ1v) is 14.3. The second-order valence-electron chi connectivity index (χ2n) is 8.66. The molecule has 186 valence electrons. The van der Waals surface area contributed by atoms with Gasteiger partial charge in [0.1, 0.15) is 11.4 Å². The average molecular weight is 552 g/mol. The van der Waals surface area contributed by atoms with Crippen LogP contribution in [0.25, 0.3) is 11.1 Å². The molecule has 0 spiro atoms. The summed E-state index contributed by atoms with van der Waals surface area (Å²) in [5.41, 5.74) is 14.1. The largest absolute Gasteiger partial charge is 0.442 e. The zero-order valence-electron chi connectivity index (χ0n) is 19.9. The fourth-order valence-corrected chi connectivity index (χ4v) is 7.58. The smallest absolute Gasteiger partial charge is 0.436 e. The minimum absolute atomic E-state index is 0.0882. The maximum absolute atomic E-state index is 13.6. The van der Waals surface area contributed by atoms with E-state index in [-0.39, 0.29) is 15.6 Å². The van der Waals surface area contributed by atoms with Gasteiger partial charge in [-0.1, -0.05) is 23.7 Å². The summed E-state index contributed by atoms with van der Waals surface area (Å²) in [4.78, 5) is 16.4. The third-order valence-electron chi connectivity index (χ3n) is 4.76. The Morgan fingerprint density at radius 3 is 2.46 bits per heavy atom. The molecule has 7 nitrogen and oxygen atoms in total. The second-order valence-corrected chi connectivity index (χ2v) is 13.1. The van der Waals surface area contributed by atoms with E-state index in [1.165, 1.54) is 23.9 Å². The van der Waals surface area contributed by atoms with Gasteiger partial charge >= 0.3 is 6.09 Å². The van der Waals surface area contributed by atoms with E-state index >= 15 is 0 Å². The summed E-state index contributed by atoms with van der Waals surface area (Å²) >= 11 is 8.50. The Labute approximate surface area is 218 Å². The highest BCUT2D eigenvalue weighted by atomic mass is 35.5. The normalized spacial score (nSPS) is 12.6. The van der Waals surface area contributed by atoms with Crippen LogP contribution in [-0.4, -0.2) is 32.2 Å². The van der Waals surface area contributed by atoms with Gasteiger partial charge in [-0.25, -0.2) is 13.2 Å². The fourth-order valence-electron chi connectivity index (χ4n) is 3.36. The van der Waals surface area contributed by atoms with E-state index in [1.54, 1.807) is 57.4 Å². The summed E-state index contributed by atoms with van der Waals surface area (Å²) in [5.74, 6) is -0.112. The van der Waals surface area contributed by atoms with Crippen molar-refractivity contribution in [1.29, 1.82) is 0 Å². The van der Waals surface area contributed by atoms with Crippen molar-refractivity contribution in [3.05, 3.63) is 57.9 Å². The summed E-state index contributed by atoms with van der Waals surface area (Å²) in [6, 6.07) is 11.4. The van der Waals surface area contributed by atoms with Gasteiger partial charge in [0.25, 0.3) is 0 Å². The quantitative estimate of drug-likeness (QED) is 0.168. The number of thioether (sulfide) groups is 1. The second kappa shape index (κ2) is 10.2. The number of halogens is 1. The Hall–Kier alpha value is -2.53. The van der Waals surface area contributed by atoms with Crippen LogP contribution in [0.15, 0.2) is 61.5 Å². The molecule has 0 saturated carbocycles. The number of nitrogens with zero attached hydrogens (tertiary/aromatic N) is 1. The molecule has 0 atom stereocenters. The Morgan fingerprint density at radius 2 is 1.86 bits per heavy atom. The molecule has 1 heterocycles. The molecule has 0 aliphatic heterocycles. The molecule has 0 saturated heterocycles. The van der Waals surface area contributed by atoms with Gasteiger partial charge in [0, 0.05) is 16.3 Å². The van der Waals surface area contributed by atoms with Crippen molar-refractivity contribution < 1.29 is 17.9 Å². The molecule has 0 bridgehead atoms. The van der Waals surface area contributed by atoms with Gasteiger partial charge in [0.2, 0.25) is 9.84 Å². The Bertz CT molecular complexity index is 1400. The number of sulfone groups is 1. The molecular formula is C24H26ClN3O4S3. The van der Waals surface area contributed by atoms with Gasteiger partial charge < -0.3 is 16.2 Å². The average Bonchev–Trinajstić information content (AvgIpc) is 3.17. The van der Waals surface area contributed by atoms with E-state index in [0.29, 0.717) is 25.4 Å². The van der Waals surface area contributed by atoms with E-state index in [1.807, 2.05) is 6.92 Å². The first-order chi connectivity index (χ1) is 16.2. The van der Waals surface area contributed by atoms with Gasteiger partial charge in [0.05, 0.1) is 18.9 Å². The third kappa shape index (κ3) is 6.19. The number of hydrogen-bond acceptors (Lipinski definition) is 7. The lowest BCUT2D eigenvalue weighted by atomic mass is 9.99. The minimum Gasteiger partial charge on any atom is -0.442 e. The summed E-state index contributed by atoms with van der Waals surface area (Å²) < 4.78 is 33.0. The molecule has 2 aromatic carbocycles. The summed E-state index contributed by atoms with van der Waals surface area (Å²) in [6.07, 6.45) is 0.923. The highest BCUT2D eigenvalue weighted by Gasteiger charge is 2.26. The van der Waals surface area contributed by atoms with Gasteiger partial charge in [-0.2, -0.15) is 4.99 Å². The lowest BCUT2D eigenvalue weighted by molar-refractivity contribution is 0.0604. The van der Waals surface area contributed by atoms with Crippen molar-refractivity contribution in [2.45, 2.75) is 47.3 Å². The molecule has 11 heteroatoms. The highest BCUT2D eigenvalue weighted by molar-refractivity contribution is 8.01. The third-order valence-corrected chi connectivity index (χ3v) is 9.31. The highest BCUT2D eigenvalue weighted by Crippen LogP contribution is 2.39. The number of thiophene rings is 1. The number of rotatable bonds is 5. The van der Waals surface area contributed by atoms with Gasteiger partial charge in [0.15, 0.2) is 0 Å². The number of hydrogen-bond donors (Lipinski definition) is 2. The SMILES string of the molecule is CSc1sc(C(N)=NC(=O)OC(C)(C)C)cc1S(=O)(=O)c1cccc(-c2c(C)cc(Cl)cc2N)c1. The molecule has 0 fully saturated rings. The molecular weight excluding hydrogens is 526 g/mol. The predicted molar refractivity (Wildman–Crippen MR) is 145 cm³/mol. The van der Waals surface area contributed by atoms with Crippen LogP contribution < -0.4 is 11.5 Å². The van der Waals surface area contributed by atoms with Crippen LogP contribution in [0, 0.1) is 6.92 Å². The van der Waals surface area contributed by atoms with Gasteiger partial charge in [-0.3, -0.25) is 0 Å². The van der Waals surface area contributed by atoms with Crippen molar-refractivity contribution in [3.63, 3.8) is 0 Å². The first kappa shape index (κ1) is 27.1. The minimum atomic E-state index is -3.92. The first-order valence-electron chi connectivity index (χ1n) is 10.4. The van der Waals surface area contributed by atoms with Crippen molar-refractivity contribution >= 4 is 62.2 Å². The number of anilines is 1. The van der Waals surface area contributed by atoms with Crippen LogP contribution in [0.4, 0.5) is 10.5 Å². The topological polar surface area (TPSA) is 125 Å². The van der Waals surface area contributed by atoms with Gasteiger partial charge in [-0.05, 0) is 75.4 Å². The molecule has 35 heavy (non-hydrogen) atoms. The summed E-state index contributed by atoms with van der Waals surface area (Å²) in [5, 5.41) is 0.508. The molecule has 1 aromatic heterocycles. The number of amidine groups is 1. The lowest BCUT2D eigenvalue weighted by Gasteiger charge is -2.17. The summed E-state index contributed by atoms with van der Waals surface area (Å²) in [7, 11) is -3.92. The van der Waals surface area contributed by atoms with Crippen molar-refractivity contribution in [1.82, 2.24) is 0 Å². The molecule has 4 N–H and O–H groups in total. The van der Waals surface area contributed by atoms with Crippen molar-refractivity contribution in [3.8, 4) is 11.1 Å². The number of amides is 1. The summed E-state index contributed by atoms with van der Waals surface area (Å²) in [6.45, 7) is 7.01. The van der Waals surface area contributed by atoms with Crippen LogP contribution in [0.1, 0.15) is 31.2 Å². The van der Waals surface area contributed by atoms with Crippen LogP contribution >= 0.6 is 34.7 Å². The Kier molecular flexibility index (Phi) is 7.90. The molecule has 1 amide bonds. The number of carbonyl (C=O) groups excluding carboxylic acids is 1.